The second-order valence-corrected chi connectivity index (χ2v) is 8.32. The number of rotatable bonds is 7. The van der Waals surface area contributed by atoms with Gasteiger partial charge in [0.2, 0.25) is 10.0 Å². The fourth-order valence-corrected chi connectivity index (χ4v) is 3.16. The maximum Gasteiger partial charge on any atom is 0.328 e. The van der Waals surface area contributed by atoms with E-state index in [2.05, 4.69) is 21.4 Å². The van der Waals surface area contributed by atoms with Crippen LogP contribution in [0.2, 0.25) is 0 Å². The number of benzene rings is 1. The molecule has 144 valence electrons. The highest BCUT2D eigenvalue weighted by Crippen LogP contribution is 2.22. The average Bonchev–Trinajstić information content (AvgIpc) is 2.56. The first-order chi connectivity index (χ1) is 11.9. The van der Waals surface area contributed by atoms with Crippen molar-refractivity contribution >= 4 is 21.9 Å². The number of esters is 1. The molecule has 1 aromatic rings. The molecule has 2 N–H and O–H groups in total. The SMILES string of the molecule is C=CCNS(=O)(=O)c1cc(C(=O)N[C@H](C(=O)OC)C(C)(C)C)ccc1F. The van der Waals surface area contributed by atoms with Gasteiger partial charge in [0, 0.05) is 12.1 Å². The molecule has 0 heterocycles. The van der Waals surface area contributed by atoms with Gasteiger partial charge >= 0.3 is 5.97 Å². The Morgan fingerprint density at radius 1 is 1.35 bits per heavy atom. The quantitative estimate of drug-likeness (QED) is 0.548. The molecule has 0 spiro atoms. The lowest BCUT2D eigenvalue weighted by atomic mass is 9.86. The number of sulfonamides is 1. The first-order valence-corrected chi connectivity index (χ1v) is 9.21. The standard InChI is InChI=1S/C17H23FN2O5S/c1-6-9-19-26(23,24)13-10-11(7-8-12(13)18)15(21)20-14(16(22)25-5)17(2,3)4/h6-8,10,14,19H,1,9H2,2-5H3,(H,20,21)/t14-/m1/s1. The van der Waals surface area contributed by atoms with Crippen LogP contribution in [0, 0.1) is 11.2 Å². The van der Waals surface area contributed by atoms with Crippen LogP contribution in [0.15, 0.2) is 35.7 Å². The normalized spacial score (nSPS) is 13.0. The molecule has 9 heteroatoms. The van der Waals surface area contributed by atoms with Crippen LogP contribution < -0.4 is 10.0 Å². The van der Waals surface area contributed by atoms with Crippen molar-refractivity contribution in [2.24, 2.45) is 5.41 Å². The van der Waals surface area contributed by atoms with Crippen LogP contribution in [0.25, 0.3) is 0 Å². The molecule has 0 unspecified atom stereocenters. The average molecular weight is 386 g/mol. The van der Waals surface area contributed by atoms with Crippen molar-refractivity contribution < 1.29 is 27.1 Å². The van der Waals surface area contributed by atoms with Crippen molar-refractivity contribution in [2.45, 2.75) is 31.7 Å². The largest absolute Gasteiger partial charge is 0.467 e. The molecule has 0 saturated carbocycles. The molecule has 1 amide bonds. The lowest BCUT2D eigenvalue weighted by Gasteiger charge is -2.29. The Kier molecular flexibility index (Phi) is 7.05. The molecule has 0 bridgehead atoms. The monoisotopic (exact) mass is 386 g/mol. The molecule has 0 aliphatic carbocycles. The number of halogens is 1. The first-order valence-electron chi connectivity index (χ1n) is 7.73. The molecule has 1 rings (SSSR count). The van der Waals surface area contributed by atoms with E-state index in [0.717, 1.165) is 18.2 Å². The van der Waals surface area contributed by atoms with Crippen LogP contribution in [0.3, 0.4) is 0 Å². The van der Waals surface area contributed by atoms with E-state index in [1.165, 1.54) is 13.2 Å². The minimum atomic E-state index is -4.15. The van der Waals surface area contributed by atoms with Crippen molar-refractivity contribution in [1.29, 1.82) is 0 Å². The fourth-order valence-electron chi connectivity index (χ4n) is 2.06. The van der Waals surface area contributed by atoms with Crippen LogP contribution in [0.5, 0.6) is 0 Å². The third kappa shape index (κ3) is 5.37. The molecule has 0 fully saturated rings. The van der Waals surface area contributed by atoms with Gasteiger partial charge in [-0.25, -0.2) is 22.3 Å². The van der Waals surface area contributed by atoms with E-state index in [4.69, 9.17) is 0 Å². The second-order valence-electron chi connectivity index (χ2n) is 6.58. The Morgan fingerprint density at radius 2 is 1.96 bits per heavy atom. The summed E-state index contributed by atoms with van der Waals surface area (Å²) in [6.07, 6.45) is 1.30. The number of carbonyl (C=O) groups is 2. The molecule has 7 nitrogen and oxygen atoms in total. The molecule has 0 aliphatic rings. The second kappa shape index (κ2) is 8.41. The Hall–Kier alpha value is -2.26. The third-order valence-electron chi connectivity index (χ3n) is 3.48. The number of hydrogen-bond acceptors (Lipinski definition) is 5. The lowest BCUT2D eigenvalue weighted by Crippen LogP contribution is -2.49. The van der Waals surface area contributed by atoms with Crippen LogP contribution in [0.4, 0.5) is 4.39 Å². The van der Waals surface area contributed by atoms with Crippen molar-refractivity contribution in [2.75, 3.05) is 13.7 Å². The number of hydrogen-bond donors (Lipinski definition) is 2. The molecule has 0 radical (unpaired) electrons. The fraction of sp³-hybridized carbons (Fsp3) is 0.412. The summed E-state index contributed by atoms with van der Waals surface area (Å²) in [5.74, 6) is -2.37. The molecular weight excluding hydrogens is 363 g/mol. The van der Waals surface area contributed by atoms with Crippen LogP contribution >= 0.6 is 0 Å². The summed E-state index contributed by atoms with van der Waals surface area (Å²) < 4.78 is 45.0. The number of nitrogens with one attached hydrogen (secondary N) is 2. The first kappa shape index (κ1) is 21.8. The summed E-state index contributed by atoms with van der Waals surface area (Å²) in [5.41, 5.74) is -0.757. The number of carbonyl (C=O) groups excluding carboxylic acids is 2. The van der Waals surface area contributed by atoms with Crippen molar-refractivity contribution in [3.05, 3.63) is 42.2 Å². The van der Waals surface area contributed by atoms with Gasteiger partial charge in [-0.05, 0) is 23.6 Å². The zero-order chi connectivity index (χ0) is 20.1. The Labute approximate surface area is 152 Å². The van der Waals surface area contributed by atoms with E-state index in [1.807, 2.05) is 0 Å². The minimum Gasteiger partial charge on any atom is -0.467 e. The van der Waals surface area contributed by atoms with Gasteiger partial charge in [0.15, 0.2) is 0 Å². The maximum absolute atomic E-state index is 13.9. The topological polar surface area (TPSA) is 102 Å². The van der Waals surface area contributed by atoms with Gasteiger partial charge in [0.05, 0.1) is 7.11 Å². The van der Waals surface area contributed by atoms with E-state index < -0.39 is 44.1 Å². The van der Waals surface area contributed by atoms with Gasteiger partial charge < -0.3 is 10.1 Å². The van der Waals surface area contributed by atoms with E-state index in [1.54, 1.807) is 20.8 Å². The third-order valence-corrected chi connectivity index (χ3v) is 4.92. The van der Waals surface area contributed by atoms with Crippen molar-refractivity contribution in [3.63, 3.8) is 0 Å². The van der Waals surface area contributed by atoms with Crippen LogP contribution in [-0.4, -0.2) is 40.0 Å². The van der Waals surface area contributed by atoms with Gasteiger partial charge in [0.1, 0.15) is 16.8 Å². The van der Waals surface area contributed by atoms with Crippen LogP contribution in [-0.2, 0) is 19.6 Å². The Bertz CT molecular complexity index is 800. The van der Waals surface area contributed by atoms with Gasteiger partial charge in [0.25, 0.3) is 5.91 Å². The number of methoxy groups -OCH3 is 1. The van der Waals surface area contributed by atoms with Gasteiger partial charge in [-0.2, -0.15) is 0 Å². The molecule has 26 heavy (non-hydrogen) atoms. The van der Waals surface area contributed by atoms with E-state index in [9.17, 15) is 22.4 Å². The van der Waals surface area contributed by atoms with Crippen molar-refractivity contribution in [3.8, 4) is 0 Å². The van der Waals surface area contributed by atoms with E-state index in [-0.39, 0.29) is 12.1 Å². The summed E-state index contributed by atoms with van der Waals surface area (Å²) >= 11 is 0. The smallest absolute Gasteiger partial charge is 0.328 e. The predicted molar refractivity (Wildman–Crippen MR) is 94.5 cm³/mol. The highest BCUT2D eigenvalue weighted by Gasteiger charge is 2.34. The van der Waals surface area contributed by atoms with Gasteiger partial charge in [-0.1, -0.05) is 26.8 Å². The zero-order valence-corrected chi connectivity index (χ0v) is 15.9. The highest BCUT2D eigenvalue weighted by molar-refractivity contribution is 7.89. The van der Waals surface area contributed by atoms with Crippen LogP contribution in [0.1, 0.15) is 31.1 Å². The minimum absolute atomic E-state index is 0.0906. The summed E-state index contributed by atoms with van der Waals surface area (Å²) in [6.45, 7) is 8.48. The molecular formula is C17H23FN2O5S. The Balaban J connectivity index is 3.20. The van der Waals surface area contributed by atoms with E-state index >= 15 is 0 Å². The molecule has 1 atom stereocenters. The highest BCUT2D eigenvalue weighted by atomic mass is 32.2. The number of amides is 1. The zero-order valence-electron chi connectivity index (χ0n) is 15.1. The predicted octanol–water partition coefficient (Wildman–Crippen LogP) is 1.61. The van der Waals surface area contributed by atoms with Crippen molar-refractivity contribution in [1.82, 2.24) is 10.0 Å². The van der Waals surface area contributed by atoms with Gasteiger partial charge in [-0.15, -0.1) is 6.58 Å². The molecule has 1 aromatic carbocycles. The Morgan fingerprint density at radius 3 is 2.46 bits per heavy atom. The molecule has 0 saturated heterocycles. The number of ether oxygens (including phenoxy) is 1. The van der Waals surface area contributed by atoms with Gasteiger partial charge in [-0.3, -0.25) is 4.79 Å². The summed E-state index contributed by atoms with van der Waals surface area (Å²) in [4.78, 5) is 23.7. The summed E-state index contributed by atoms with van der Waals surface area (Å²) in [7, 11) is -2.96. The summed E-state index contributed by atoms with van der Waals surface area (Å²) in [5, 5.41) is 2.50. The van der Waals surface area contributed by atoms with E-state index in [0.29, 0.717) is 0 Å². The lowest BCUT2D eigenvalue weighted by molar-refractivity contribution is -0.145. The molecule has 0 aromatic heterocycles. The summed E-state index contributed by atoms with van der Waals surface area (Å²) in [6, 6.07) is 1.95. The molecule has 0 aliphatic heterocycles. The maximum atomic E-state index is 13.9.